The summed E-state index contributed by atoms with van der Waals surface area (Å²) in [6.45, 7) is 0.295. The van der Waals surface area contributed by atoms with Crippen LogP contribution in [0.5, 0.6) is 11.5 Å². The molecule has 0 aliphatic rings. The standard InChI is InChI=1S/C28H20BrClN2O4/c29-25-7-3-1-5-23(25)28(34)36-22-15-11-19(12-16-22)17-31-32-27(33)24-6-2-4-8-26(24)35-18-20-9-13-21(30)14-10-20/h1-17H,18H2,(H,32,33)/b31-17-. The van der Waals surface area contributed by atoms with E-state index in [1.165, 1.54) is 6.21 Å². The first-order valence-electron chi connectivity index (χ1n) is 10.9. The number of para-hydroxylation sites is 1. The predicted molar refractivity (Wildman–Crippen MR) is 143 cm³/mol. The molecule has 180 valence electrons. The molecule has 0 unspecified atom stereocenters. The van der Waals surface area contributed by atoms with Crippen LogP contribution in [0.4, 0.5) is 0 Å². The smallest absolute Gasteiger partial charge is 0.344 e. The molecule has 0 spiro atoms. The van der Waals surface area contributed by atoms with Crippen LogP contribution in [0.3, 0.4) is 0 Å². The number of benzene rings is 4. The molecule has 4 rings (SSSR count). The van der Waals surface area contributed by atoms with E-state index in [2.05, 4.69) is 26.5 Å². The average molecular weight is 564 g/mol. The van der Waals surface area contributed by atoms with Gasteiger partial charge in [0, 0.05) is 9.50 Å². The molecular formula is C28H20BrClN2O4. The van der Waals surface area contributed by atoms with Crippen LogP contribution in [-0.4, -0.2) is 18.1 Å². The number of ether oxygens (including phenoxy) is 2. The molecule has 1 amide bonds. The van der Waals surface area contributed by atoms with Gasteiger partial charge in [-0.05, 0) is 87.7 Å². The molecule has 0 bridgehead atoms. The first-order valence-corrected chi connectivity index (χ1v) is 12.0. The Labute approximate surface area is 221 Å². The minimum Gasteiger partial charge on any atom is -0.488 e. The van der Waals surface area contributed by atoms with E-state index in [9.17, 15) is 9.59 Å². The SMILES string of the molecule is O=C(Oc1ccc(/C=N\NC(=O)c2ccccc2OCc2ccc(Cl)cc2)cc1)c1ccccc1Br. The van der Waals surface area contributed by atoms with Gasteiger partial charge in [0.15, 0.2) is 0 Å². The van der Waals surface area contributed by atoms with Crippen molar-refractivity contribution in [1.82, 2.24) is 5.43 Å². The topological polar surface area (TPSA) is 77.0 Å². The number of nitrogens with zero attached hydrogens (tertiary/aromatic N) is 1. The Bertz CT molecular complexity index is 1390. The number of halogens is 2. The van der Waals surface area contributed by atoms with Gasteiger partial charge in [-0.25, -0.2) is 10.2 Å². The van der Waals surface area contributed by atoms with E-state index in [1.807, 2.05) is 18.2 Å². The second kappa shape index (κ2) is 12.2. The second-order valence-corrected chi connectivity index (χ2v) is 8.84. The van der Waals surface area contributed by atoms with Gasteiger partial charge in [-0.2, -0.15) is 5.10 Å². The van der Waals surface area contributed by atoms with Gasteiger partial charge in [0.2, 0.25) is 0 Å². The predicted octanol–water partition coefficient (Wildman–Crippen LogP) is 6.66. The summed E-state index contributed by atoms with van der Waals surface area (Å²) in [6.07, 6.45) is 1.49. The zero-order valence-electron chi connectivity index (χ0n) is 18.9. The molecule has 0 radical (unpaired) electrons. The third-order valence-electron chi connectivity index (χ3n) is 5.00. The van der Waals surface area contributed by atoms with Gasteiger partial charge in [-0.15, -0.1) is 0 Å². The highest BCUT2D eigenvalue weighted by Crippen LogP contribution is 2.21. The summed E-state index contributed by atoms with van der Waals surface area (Å²) in [6, 6.07) is 28.0. The molecule has 0 aliphatic carbocycles. The van der Waals surface area contributed by atoms with E-state index < -0.39 is 11.9 Å². The molecule has 8 heteroatoms. The Morgan fingerprint density at radius 1 is 0.861 bits per heavy atom. The summed E-state index contributed by atoms with van der Waals surface area (Å²) in [4.78, 5) is 25.0. The Hall–Kier alpha value is -3.94. The largest absolute Gasteiger partial charge is 0.488 e. The van der Waals surface area contributed by atoms with E-state index in [1.54, 1.807) is 78.9 Å². The van der Waals surface area contributed by atoms with Crippen LogP contribution in [0.1, 0.15) is 31.8 Å². The Balaban J connectivity index is 1.33. The highest BCUT2D eigenvalue weighted by atomic mass is 79.9. The Morgan fingerprint density at radius 2 is 1.53 bits per heavy atom. The van der Waals surface area contributed by atoms with Crippen LogP contribution >= 0.6 is 27.5 Å². The molecule has 0 atom stereocenters. The van der Waals surface area contributed by atoms with E-state index in [-0.39, 0.29) is 0 Å². The normalized spacial score (nSPS) is 10.7. The van der Waals surface area contributed by atoms with Crippen LogP contribution in [0.25, 0.3) is 0 Å². The Kier molecular flexibility index (Phi) is 8.49. The van der Waals surface area contributed by atoms with Gasteiger partial charge < -0.3 is 9.47 Å². The maximum atomic E-state index is 12.7. The number of rotatable bonds is 8. The van der Waals surface area contributed by atoms with Crippen molar-refractivity contribution >= 4 is 45.6 Å². The number of hydrogen-bond donors (Lipinski definition) is 1. The lowest BCUT2D eigenvalue weighted by molar-refractivity contribution is 0.0733. The third kappa shape index (κ3) is 6.81. The lowest BCUT2D eigenvalue weighted by Gasteiger charge is -2.10. The van der Waals surface area contributed by atoms with Crippen molar-refractivity contribution in [2.45, 2.75) is 6.61 Å². The number of esters is 1. The monoisotopic (exact) mass is 562 g/mol. The number of carbonyl (C=O) groups is 2. The minimum atomic E-state index is -0.465. The van der Waals surface area contributed by atoms with E-state index in [0.717, 1.165) is 5.56 Å². The number of carbonyl (C=O) groups excluding carboxylic acids is 2. The van der Waals surface area contributed by atoms with Crippen molar-refractivity contribution in [3.63, 3.8) is 0 Å². The van der Waals surface area contributed by atoms with Crippen LogP contribution in [0.2, 0.25) is 5.02 Å². The van der Waals surface area contributed by atoms with E-state index >= 15 is 0 Å². The van der Waals surface area contributed by atoms with Gasteiger partial charge in [-0.1, -0.05) is 48.0 Å². The molecule has 0 saturated carbocycles. The second-order valence-electron chi connectivity index (χ2n) is 7.55. The highest BCUT2D eigenvalue weighted by molar-refractivity contribution is 9.10. The maximum Gasteiger partial charge on any atom is 0.344 e. The first-order chi connectivity index (χ1) is 17.5. The van der Waals surface area contributed by atoms with E-state index in [4.69, 9.17) is 21.1 Å². The fraction of sp³-hybridized carbons (Fsp3) is 0.0357. The van der Waals surface area contributed by atoms with Gasteiger partial charge in [-0.3, -0.25) is 4.79 Å². The molecule has 6 nitrogen and oxygen atoms in total. The molecule has 4 aromatic rings. The molecule has 36 heavy (non-hydrogen) atoms. The fourth-order valence-electron chi connectivity index (χ4n) is 3.16. The maximum absolute atomic E-state index is 12.7. The lowest BCUT2D eigenvalue weighted by Crippen LogP contribution is -2.18. The van der Waals surface area contributed by atoms with Crippen molar-refractivity contribution < 1.29 is 19.1 Å². The van der Waals surface area contributed by atoms with Crippen LogP contribution in [0, 0.1) is 0 Å². The molecule has 0 aromatic heterocycles. The van der Waals surface area contributed by atoms with Crippen molar-refractivity contribution in [1.29, 1.82) is 0 Å². The number of amides is 1. The van der Waals surface area contributed by atoms with Crippen LogP contribution in [-0.2, 0) is 6.61 Å². The van der Waals surface area contributed by atoms with Crippen LogP contribution < -0.4 is 14.9 Å². The molecule has 0 heterocycles. The average Bonchev–Trinajstić information content (AvgIpc) is 2.89. The van der Waals surface area contributed by atoms with Crippen molar-refractivity contribution in [3.05, 3.63) is 129 Å². The van der Waals surface area contributed by atoms with Gasteiger partial charge in [0.1, 0.15) is 18.1 Å². The number of hydrogen-bond acceptors (Lipinski definition) is 5. The third-order valence-corrected chi connectivity index (χ3v) is 5.95. The first kappa shape index (κ1) is 25.2. The Morgan fingerprint density at radius 3 is 2.25 bits per heavy atom. The van der Waals surface area contributed by atoms with Gasteiger partial charge >= 0.3 is 5.97 Å². The van der Waals surface area contributed by atoms with Crippen molar-refractivity contribution in [2.75, 3.05) is 0 Å². The summed E-state index contributed by atoms with van der Waals surface area (Å²) >= 11 is 9.26. The molecule has 1 N–H and O–H groups in total. The molecular weight excluding hydrogens is 544 g/mol. The summed E-state index contributed by atoms with van der Waals surface area (Å²) in [7, 11) is 0. The highest BCUT2D eigenvalue weighted by Gasteiger charge is 2.13. The van der Waals surface area contributed by atoms with E-state index in [0.29, 0.717) is 44.3 Å². The van der Waals surface area contributed by atoms with Gasteiger partial charge in [0.25, 0.3) is 5.91 Å². The minimum absolute atomic E-state index is 0.295. The van der Waals surface area contributed by atoms with Crippen molar-refractivity contribution in [2.24, 2.45) is 5.10 Å². The molecule has 4 aromatic carbocycles. The molecule has 0 saturated heterocycles. The lowest BCUT2D eigenvalue weighted by atomic mass is 10.2. The molecule has 0 aliphatic heterocycles. The zero-order chi connectivity index (χ0) is 25.3. The summed E-state index contributed by atoms with van der Waals surface area (Å²) in [5, 5.41) is 4.67. The summed E-state index contributed by atoms with van der Waals surface area (Å²) in [5.74, 6) is -0.0369. The van der Waals surface area contributed by atoms with Crippen LogP contribution in [0.15, 0.2) is 107 Å². The molecule has 0 fully saturated rings. The fourth-order valence-corrected chi connectivity index (χ4v) is 3.73. The number of nitrogens with one attached hydrogen (secondary N) is 1. The zero-order valence-corrected chi connectivity index (χ0v) is 21.2. The quantitative estimate of drug-likeness (QED) is 0.112. The van der Waals surface area contributed by atoms with Crippen molar-refractivity contribution in [3.8, 4) is 11.5 Å². The van der Waals surface area contributed by atoms with Gasteiger partial charge in [0.05, 0.1) is 17.3 Å². The summed E-state index contributed by atoms with van der Waals surface area (Å²) < 4.78 is 11.9. The number of hydrazone groups is 1. The summed E-state index contributed by atoms with van der Waals surface area (Å²) in [5.41, 5.74) is 4.94.